The van der Waals surface area contributed by atoms with Crippen molar-refractivity contribution in [3.63, 3.8) is 0 Å². The summed E-state index contributed by atoms with van der Waals surface area (Å²) in [6, 6.07) is 2.14. The molecule has 1 amide bonds. The highest BCUT2D eigenvalue weighted by Crippen LogP contribution is 2.21. The lowest BCUT2D eigenvalue weighted by molar-refractivity contribution is 0.0607. The summed E-state index contributed by atoms with van der Waals surface area (Å²) in [5.41, 5.74) is 1.32. The second kappa shape index (κ2) is 7.80. The molecule has 4 heteroatoms. The Labute approximate surface area is 126 Å². The zero-order valence-corrected chi connectivity index (χ0v) is 12.5. The molecule has 1 atom stereocenters. The van der Waals surface area contributed by atoms with E-state index < -0.39 is 0 Å². The molecule has 0 saturated carbocycles. The smallest absolute Gasteiger partial charge is 0.255 e. The van der Waals surface area contributed by atoms with Crippen LogP contribution in [0.4, 0.5) is 0 Å². The molecule has 1 aromatic rings. The Balaban J connectivity index is 2.15. The van der Waals surface area contributed by atoms with Gasteiger partial charge in [-0.15, -0.1) is 0 Å². The molecular weight excluding hydrogens is 264 g/mol. The van der Waals surface area contributed by atoms with Crippen LogP contribution < -0.4 is 0 Å². The van der Waals surface area contributed by atoms with Crippen molar-refractivity contribution < 1.29 is 9.90 Å². The molecule has 4 nitrogen and oxygen atoms in total. The van der Waals surface area contributed by atoms with E-state index in [1.165, 1.54) is 6.42 Å². The number of rotatable bonds is 3. The lowest BCUT2D eigenvalue weighted by Crippen LogP contribution is -2.43. The van der Waals surface area contributed by atoms with E-state index in [-0.39, 0.29) is 12.5 Å². The largest absolute Gasteiger partial charge is 0.395 e. The van der Waals surface area contributed by atoms with Crippen molar-refractivity contribution >= 4 is 5.91 Å². The number of carbonyl (C=O) groups excluding carboxylic acids is 1. The molecule has 0 aromatic carbocycles. The summed E-state index contributed by atoms with van der Waals surface area (Å²) in [4.78, 5) is 18.7. The van der Waals surface area contributed by atoms with Crippen LogP contribution in [-0.4, -0.2) is 40.1 Å². The fourth-order valence-corrected chi connectivity index (χ4v) is 2.70. The van der Waals surface area contributed by atoms with Gasteiger partial charge in [0.25, 0.3) is 5.91 Å². The van der Waals surface area contributed by atoms with Gasteiger partial charge >= 0.3 is 0 Å². The van der Waals surface area contributed by atoms with Gasteiger partial charge in [-0.1, -0.05) is 18.8 Å². The maximum atomic E-state index is 12.6. The van der Waals surface area contributed by atoms with Crippen LogP contribution in [0, 0.1) is 11.8 Å². The fraction of sp³-hybridized carbons (Fsp3) is 0.529. The van der Waals surface area contributed by atoms with Crippen molar-refractivity contribution in [3.05, 3.63) is 29.6 Å². The summed E-state index contributed by atoms with van der Waals surface area (Å²) in [6.45, 7) is 3.01. The number of aliphatic hydroxyl groups excluding tert-OH is 1. The second-order valence-corrected chi connectivity index (χ2v) is 5.29. The predicted molar refractivity (Wildman–Crippen MR) is 81.8 cm³/mol. The topological polar surface area (TPSA) is 53.4 Å². The number of likely N-dealkylation sites (tertiary alicyclic amines) is 1. The van der Waals surface area contributed by atoms with Crippen molar-refractivity contribution in [1.82, 2.24) is 9.88 Å². The highest BCUT2D eigenvalue weighted by atomic mass is 16.2. The molecule has 1 fully saturated rings. The molecule has 1 aromatic heterocycles. The molecule has 1 N–H and O–H groups in total. The quantitative estimate of drug-likeness (QED) is 0.867. The van der Waals surface area contributed by atoms with Crippen LogP contribution in [0.1, 0.15) is 54.9 Å². The first-order chi connectivity index (χ1) is 10.3. The van der Waals surface area contributed by atoms with Gasteiger partial charge < -0.3 is 10.0 Å². The molecule has 0 radical (unpaired) electrons. The molecule has 112 valence electrons. The minimum Gasteiger partial charge on any atom is -0.395 e. The zero-order valence-electron chi connectivity index (χ0n) is 12.5. The van der Waals surface area contributed by atoms with E-state index >= 15 is 0 Å². The molecule has 1 aliphatic heterocycles. The number of piperidine rings is 1. The second-order valence-electron chi connectivity index (χ2n) is 5.29. The van der Waals surface area contributed by atoms with Gasteiger partial charge in [-0.2, -0.15) is 0 Å². The van der Waals surface area contributed by atoms with Crippen LogP contribution in [0.25, 0.3) is 0 Å². The molecule has 2 heterocycles. The third-order valence-electron chi connectivity index (χ3n) is 3.81. The minimum atomic E-state index is 0.0466. The first-order valence-electron chi connectivity index (χ1n) is 7.62. The van der Waals surface area contributed by atoms with Crippen molar-refractivity contribution in [1.29, 1.82) is 0 Å². The summed E-state index contributed by atoms with van der Waals surface area (Å²) >= 11 is 0. The average molecular weight is 286 g/mol. The van der Waals surface area contributed by atoms with Gasteiger partial charge in [-0.05, 0) is 31.7 Å². The van der Waals surface area contributed by atoms with Crippen LogP contribution in [0.15, 0.2) is 18.5 Å². The predicted octanol–water partition coefficient (Wildman–Crippen LogP) is 2.22. The number of nitrogens with zero attached hydrogens (tertiary/aromatic N) is 2. The summed E-state index contributed by atoms with van der Waals surface area (Å²) in [7, 11) is 0. The van der Waals surface area contributed by atoms with Crippen molar-refractivity contribution in [3.8, 4) is 11.8 Å². The van der Waals surface area contributed by atoms with E-state index in [1.54, 1.807) is 18.5 Å². The lowest BCUT2D eigenvalue weighted by Gasteiger charge is -2.35. The third-order valence-corrected chi connectivity index (χ3v) is 3.81. The van der Waals surface area contributed by atoms with Gasteiger partial charge in [0, 0.05) is 37.0 Å². The maximum Gasteiger partial charge on any atom is 0.255 e. The fourth-order valence-electron chi connectivity index (χ4n) is 2.70. The molecule has 0 aliphatic carbocycles. The number of pyridine rings is 1. The number of aromatic nitrogens is 1. The van der Waals surface area contributed by atoms with Gasteiger partial charge in [-0.25, -0.2) is 0 Å². The highest BCUT2D eigenvalue weighted by molar-refractivity contribution is 5.94. The standard InChI is InChI=1S/C17H22N2O2/c1-2-16-8-3-5-9-19(16)17(21)15-11-14(12-18-13-15)7-4-6-10-20/h11-13,16,20H,2-3,5-6,8-10H2,1H3. The molecular formula is C17H22N2O2. The van der Waals surface area contributed by atoms with Crippen LogP contribution in [0.2, 0.25) is 0 Å². The number of hydrogen-bond donors (Lipinski definition) is 1. The summed E-state index contributed by atoms with van der Waals surface area (Å²) < 4.78 is 0. The SMILES string of the molecule is CCC1CCCCN1C(=O)c1cncc(C#CCCO)c1. The molecule has 1 unspecified atom stereocenters. The van der Waals surface area contributed by atoms with Crippen LogP contribution >= 0.6 is 0 Å². The Kier molecular flexibility index (Phi) is 5.77. The first-order valence-corrected chi connectivity index (χ1v) is 7.62. The van der Waals surface area contributed by atoms with E-state index in [1.807, 2.05) is 4.90 Å². The normalized spacial score (nSPS) is 18.0. The van der Waals surface area contributed by atoms with Crippen LogP contribution in [0.5, 0.6) is 0 Å². The Bertz CT molecular complexity index is 545. The number of carbonyl (C=O) groups is 1. The van der Waals surface area contributed by atoms with E-state index in [2.05, 4.69) is 23.7 Å². The highest BCUT2D eigenvalue weighted by Gasteiger charge is 2.26. The number of hydrogen-bond acceptors (Lipinski definition) is 3. The van der Waals surface area contributed by atoms with Gasteiger partial charge in [0.05, 0.1) is 12.2 Å². The van der Waals surface area contributed by atoms with Gasteiger partial charge in [0.1, 0.15) is 0 Å². The van der Waals surface area contributed by atoms with E-state index in [9.17, 15) is 4.79 Å². The molecule has 1 aliphatic rings. The Hall–Kier alpha value is -1.86. The van der Waals surface area contributed by atoms with E-state index in [4.69, 9.17) is 5.11 Å². The molecule has 21 heavy (non-hydrogen) atoms. The van der Waals surface area contributed by atoms with Crippen molar-refractivity contribution in [2.24, 2.45) is 0 Å². The molecule has 0 spiro atoms. The maximum absolute atomic E-state index is 12.6. The van der Waals surface area contributed by atoms with Crippen LogP contribution in [-0.2, 0) is 0 Å². The first kappa shape index (κ1) is 15.5. The molecule has 0 bridgehead atoms. The Morgan fingerprint density at radius 1 is 1.48 bits per heavy atom. The van der Waals surface area contributed by atoms with Crippen molar-refractivity contribution in [2.75, 3.05) is 13.2 Å². The van der Waals surface area contributed by atoms with Gasteiger partial charge in [-0.3, -0.25) is 9.78 Å². The van der Waals surface area contributed by atoms with Gasteiger partial charge in [0.15, 0.2) is 0 Å². The van der Waals surface area contributed by atoms with Crippen LogP contribution in [0.3, 0.4) is 0 Å². The van der Waals surface area contributed by atoms with E-state index in [0.717, 1.165) is 31.4 Å². The Morgan fingerprint density at radius 3 is 3.10 bits per heavy atom. The van der Waals surface area contributed by atoms with Crippen molar-refractivity contribution in [2.45, 2.75) is 45.1 Å². The summed E-state index contributed by atoms with van der Waals surface area (Å²) in [6.07, 6.45) is 8.05. The van der Waals surface area contributed by atoms with E-state index in [0.29, 0.717) is 18.0 Å². The average Bonchev–Trinajstić information content (AvgIpc) is 2.54. The zero-order chi connectivity index (χ0) is 15.1. The summed E-state index contributed by atoms with van der Waals surface area (Å²) in [5.74, 6) is 5.83. The lowest BCUT2D eigenvalue weighted by atomic mass is 9.99. The minimum absolute atomic E-state index is 0.0466. The molecule has 1 saturated heterocycles. The summed E-state index contributed by atoms with van der Waals surface area (Å²) in [5, 5.41) is 8.73. The van der Waals surface area contributed by atoms with Gasteiger partial charge in [0.2, 0.25) is 0 Å². The third kappa shape index (κ3) is 4.05. The molecule has 2 rings (SSSR count). The number of amides is 1. The monoisotopic (exact) mass is 286 g/mol. The number of aliphatic hydroxyl groups is 1. The Morgan fingerprint density at radius 2 is 2.33 bits per heavy atom.